The number of carboxylic acid groups (broad SMARTS) is 1. The van der Waals surface area contributed by atoms with Gasteiger partial charge in [-0.3, -0.25) is 0 Å². The molecule has 3 aromatic rings. The fourth-order valence-corrected chi connectivity index (χ4v) is 2.72. The standard InChI is InChI=1S/C15H13ClN6O2/c16-12-2-1-9(5-17-12)11-6-18-14-4-3-13(20-22(11)14)19-10-7-21(8-10)15(23)24/h1-6,10H,7-8H2,(H,19,20)(H,23,24). The van der Waals surface area contributed by atoms with Gasteiger partial charge in [0.15, 0.2) is 5.65 Å². The van der Waals surface area contributed by atoms with Crippen LogP contribution in [0.15, 0.2) is 36.7 Å². The summed E-state index contributed by atoms with van der Waals surface area (Å²) >= 11 is 5.83. The second kappa shape index (κ2) is 5.64. The smallest absolute Gasteiger partial charge is 0.407 e. The average Bonchev–Trinajstić information content (AvgIpc) is 2.94. The van der Waals surface area contributed by atoms with Crippen LogP contribution in [0.25, 0.3) is 16.9 Å². The maximum atomic E-state index is 10.8. The summed E-state index contributed by atoms with van der Waals surface area (Å²) in [6, 6.07) is 7.32. The van der Waals surface area contributed by atoms with Crippen molar-refractivity contribution in [2.45, 2.75) is 6.04 Å². The summed E-state index contributed by atoms with van der Waals surface area (Å²) in [6.07, 6.45) is 2.50. The van der Waals surface area contributed by atoms with Gasteiger partial charge in [0.05, 0.1) is 17.9 Å². The summed E-state index contributed by atoms with van der Waals surface area (Å²) in [5.74, 6) is 0.665. The topological polar surface area (TPSA) is 95.7 Å². The first-order valence-electron chi connectivity index (χ1n) is 7.31. The molecule has 24 heavy (non-hydrogen) atoms. The zero-order valence-electron chi connectivity index (χ0n) is 12.4. The van der Waals surface area contributed by atoms with Gasteiger partial charge in [-0.1, -0.05) is 11.6 Å². The fourth-order valence-electron chi connectivity index (χ4n) is 2.61. The zero-order valence-corrected chi connectivity index (χ0v) is 13.2. The van der Waals surface area contributed by atoms with Crippen LogP contribution < -0.4 is 5.32 Å². The highest BCUT2D eigenvalue weighted by molar-refractivity contribution is 6.29. The number of nitrogens with one attached hydrogen (secondary N) is 1. The van der Waals surface area contributed by atoms with Crippen molar-refractivity contribution >= 4 is 29.2 Å². The highest BCUT2D eigenvalue weighted by Gasteiger charge is 2.30. The molecule has 1 amide bonds. The van der Waals surface area contributed by atoms with Crippen molar-refractivity contribution in [3.8, 4) is 11.3 Å². The lowest BCUT2D eigenvalue weighted by molar-refractivity contribution is 0.111. The van der Waals surface area contributed by atoms with E-state index in [1.165, 1.54) is 4.90 Å². The first-order chi connectivity index (χ1) is 11.6. The van der Waals surface area contributed by atoms with E-state index >= 15 is 0 Å². The van der Waals surface area contributed by atoms with Crippen molar-refractivity contribution < 1.29 is 9.90 Å². The average molecular weight is 345 g/mol. The second-order valence-corrected chi connectivity index (χ2v) is 5.92. The largest absolute Gasteiger partial charge is 0.465 e. The Balaban J connectivity index is 1.59. The molecule has 0 atom stereocenters. The summed E-state index contributed by atoms with van der Waals surface area (Å²) in [6.45, 7) is 0.903. The molecule has 0 unspecified atom stereocenters. The van der Waals surface area contributed by atoms with Crippen molar-refractivity contribution in [3.63, 3.8) is 0 Å². The van der Waals surface area contributed by atoms with Crippen LogP contribution in [0.5, 0.6) is 0 Å². The molecule has 0 saturated carbocycles. The molecule has 1 saturated heterocycles. The molecule has 1 aliphatic rings. The molecule has 9 heteroatoms. The van der Waals surface area contributed by atoms with E-state index in [1.54, 1.807) is 23.0 Å². The van der Waals surface area contributed by atoms with Crippen molar-refractivity contribution in [1.82, 2.24) is 24.5 Å². The Morgan fingerprint density at radius 1 is 1.21 bits per heavy atom. The van der Waals surface area contributed by atoms with E-state index in [1.807, 2.05) is 18.2 Å². The molecular formula is C15H13ClN6O2. The lowest BCUT2D eigenvalue weighted by Crippen LogP contribution is -2.56. The molecule has 4 rings (SSSR count). The third-order valence-corrected chi connectivity index (χ3v) is 4.11. The number of hydrogen-bond donors (Lipinski definition) is 2. The van der Waals surface area contributed by atoms with Gasteiger partial charge in [-0.15, -0.1) is 5.10 Å². The Hall–Kier alpha value is -2.87. The Morgan fingerprint density at radius 3 is 2.75 bits per heavy atom. The van der Waals surface area contributed by atoms with Crippen molar-refractivity contribution in [1.29, 1.82) is 0 Å². The number of anilines is 1. The molecule has 4 heterocycles. The lowest BCUT2D eigenvalue weighted by atomic mass is 10.1. The molecule has 1 aliphatic heterocycles. The summed E-state index contributed by atoms with van der Waals surface area (Å²) in [5.41, 5.74) is 2.38. The Bertz CT molecular complexity index is 904. The lowest BCUT2D eigenvalue weighted by Gasteiger charge is -2.37. The van der Waals surface area contributed by atoms with E-state index in [9.17, 15) is 4.79 Å². The number of hydrogen-bond acceptors (Lipinski definition) is 5. The quantitative estimate of drug-likeness (QED) is 0.707. The fraction of sp³-hybridized carbons (Fsp3) is 0.200. The Morgan fingerprint density at radius 2 is 2.04 bits per heavy atom. The van der Waals surface area contributed by atoms with E-state index in [0.717, 1.165) is 11.3 Å². The number of carbonyl (C=O) groups is 1. The molecule has 0 bridgehead atoms. The molecule has 122 valence electrons. The van der Waals surface area contributed by atoms with Gasteiger partial charge in [0.1, 0.15) is 11.0 Å². The molecule has 1 fully saturated rings. The number of aromatic nitrogens is 4. The molecule has 0 aromatic carbocycles. The van der Waals surface area contributed by atoms with Crippen LogP contribution in [0.3, 0.4) is 0 Å². The van der Waals surface area contributed by atoms with Crippen LogP contribution in [0.2, 0.25) is 5.15 Å². The number of fused-ring (bicyclic) bond motifs is 1. The van der Waals surface area contributed by atoms with Crippen LogP contribution in [-0.2, 0) is 0 Å². The van der Waals surface area contributed by atoms with Crippen LogP contribution in [-0.4, -0.2) is 54.8 Å². The number of nitrogens with zero attached hydrogens (tertiary/aromatic N) is 5. The first-order valence-corrected chi connectivity index (χ1v) is 7.69. The first kappa shape index (κ1) is 14.7. The minimum Gasteiger partial charge on any atom is -0.465 e. The van der Waals surface area contributed by atoms with Gasteiger partial charge in [-0.05, 0) is 24.3 Å². The van der Waals surface area contributed by atoms with Gasteiger partial charge in [-0.25, -0.2) is 19.3 Å². The maximum Gasteiger partial charge on any atom is 0.407 e. The van der Waals surface area contributed by atoms with Gasteiger partial charge >= 0.3 is 6.09 Å². The number of pyridine rings is 1. The van der Waals surface area contributed by atoms with Gasteiger partial charge < -0.3 is 15.3 Å². The third kappa shape index (κ3) is 2.61. The number of halogens is 1. The number of imidazole rings is 1. The summed E-state index contributed by atoms with van der Waals surface area (Å²) in [4.78, 5) is 20.6. The number of likely N-dealkylation sites (tertiary alicyclic amines) is 1. The van der Waals surface area contributed by atoms with Crippen molar-refractivity contribution in [2.24, 2.45) is 0 Å². The van der Waals surface area contributed by atoms with E-state index in [4.69, 9.17) is 16.7 Å². The monoisotopic (exact) mass is 344 g/mol. The highest BCUT2D eigenvalue weighted by atomic mass is 35.5. The predicted molar refractivity (Wildman–Crippen MR) is 88.2 cm³/mol. The van der Waals surface area contributed by atoms with Gasteiger partial charge in [0, 0.05) is 24.8 Å². The van der Waals surface area contributed by atoms with Crippen molar-refractivity contribution in [2.75, 3.05) is 18.4 Å². The van der Waals surface area contributed by atoms with Crippen LogP contribution in [0, 0.1) is 0 Å². The summed E-state index contributed by atoms with van der Waals surface area (Å²) in [7, 11) is 0. The maximum absolute atomic E-state index is 10.8. The second-order valence-electron chi connectivity index (χ2n) is 5.53. The molecule has 0 aliphatic carbocycles. The number of rotatable bonds is 3. The van der Waals surface area contributed by atoms with Crippen molar-refractivity contribution in [3.05, 3.63) is 41.8 Å². The molecule has 0 spiro atoms. The molecule has 8 nitrogen and oxygen atoms in total. The van der Waals surface area contributed by atoms with E-state index < -0.39 is 6.09 Å². The van der Waals surface area contributed by atoms with E-state index in [2.05, 4.69) is 20.4 Å². The van der Waals surface area contributed by atoms with Crippen LogP contribution in [0.1, 0.15) is 0 Å². The summed E-state index contributed by atoms with van der Waals surface area (Å²) < 4.78 is 1.72. The Kier molecular flexibility index (Phi) is 3.46. The number of amides is 1. The van der Waals surface area contributed by atoms with Gasteiger partial charge in [-0.2, -0.15) is 0 Å². The molecule has 2 N–H and O–H groups in total. The predicted octanol–water partition coefficient (Wildman–Crippen LogP) is 2.22. The van der Waals surface area contributed by atoms with E-state index in [-0.39, 0.29) is 6.04 Å². The normalized spacial score (nSPS) is 14.6. The van der Waals surface area contributed by atoms with Crippen LogP contribution >= 0.6 is 11.6 Å². The van der Waals surface area contributed by atoms with Crippen LogP contribution in [0.4, 0.5) is 10.6 Å². The third-order valence-electron chi connectivity index (χ3n) is 3.89. The highest BCUT2D eigenvalue weighted by Crippen LogP contribution is 2.22. The molecular weight excluding hydrogens is 332 g/mol. The van der Waals surface area contributed by atoms with E-state index in [0.29, 0.717) is 29.7 Å². The van der Waals surface area contributed by atoms with Gasteiger partial charge in [0.2, 0.25) is 0 Å². The Labute approximate surface area is 141 Å². The molecule has 0 radical (unpaired) electrons. The molecule has 3 aromatic heterocycles. The van der Waals surface area contributed by atoms with Gasteiger partial charge in [0.25, 0.3) is 0 Å². The SMILES string of the molecule is O=C(O)N1CC(Nc2ccc3ncc(-c4ccc(Cl)nc4)n3n2)C1. The zero-order chi connectivity index (χ0) is 16.7. The summed E-state index contributed by atoms with van der Waals surface area (Å²) in [5, 5.41) is 17.1. The minimum atomic E-state index is -0.899. The minimum absolute atomic E-state index is 0.0650.